The first-order valence-corrected chi connectivity index (χ1v) is 50.3. The summed E-state index contributed by atoms with van der Waals surface area (Å²) < 4.78 is 136. The van der Waals surface area contributed by atoms with Gasteiger partial charge >= 0.3 is 42.2 Å². The van der Waals surface area contributed by atoms with Gasteiger partial charge in [0.25, 0.3) is 0 Å². The molecule has 4 aliphatic heterocycles. The fraction of sp³-hybridized carbons (Fsp3) is 0.373. The Labute approximate surface area is 885 Å². The number of alkyl carbamates (subject to hydrolysis) is 3. The molecule has 20 atom stereocenters. The molecule has 3 amide bonds. The first kappa shape index (κ1) is 111. The third-order valence-electron chi connectivity index (χ3n) is 24.6. The predicted molar refractivity (Wildman–Crippen MR) is 544 cm³/mol. The van der Waals surface area contributed by atoms with Crippen molar-refractivity contribution in [3.8, 4) is 0 Å². The second kappa shape index (κ2) is 55.5. The highest BCUT2D eigenvalue weighted by Crippen LogP contribution is 2.42. The normalized spacial score (nSPS) is 24.0. The van der Waals surface area contributed by atoms with Crippen molar-refractivity contribution in [1.29, 1.82) is 0 Å². The SMILES string of the molecule is COC(=O)[C@H]1O[C@@H](OCCCCCCNC(=O)OCc2ccccc2)[C@H](OC(=O)c2ccccc2)[C@@H](OCc2ccccc2)[C@@H]1O[C@H]1O[C@H](COCc2ccc3ccccc3c2)[C@@H](O[C@@H]2O[C@H](C(=O)OC)[C@@H](O[C@H]3O[C@H](COCc4ccc5ccccc5c4)[C@@H](O)[C@H](OCc4ccccc4)[C@H]3NC(=O)OCC(Cl)(Cl)Cl)[C@H](OCc3ccccc3)[C@H]2OC(=O)c2ccccc2)[C@H](OCc2ccccc2)[C@H]1NC(=O)OCC(Cl)(Cl)Cl. The minimum atomic E-state index is -2.26. The molecule has 11 aromatic rings. The third kappa shape index (κ3) is 32.4. The highest BCUT2D eigenvalue weighted by Gasteiger charge is 2.62. The molecular formula is C110H113Cl6N3O29. The van der Waals surface area contributed by atoms with Crippen molar-refractivity contribution in [3.05, 3.63) is 347 Å². The number of unbranched alkanes of at least 4 members (excludes halogenated alkanes) is 3. The lowest BCUT2D eigenvalue weighted by Gasteiger charge is -2.52. The van der Waals surface area contributed by atoms with Gasteiger partial charge in [-0.05, 0) is 110 Å². The average molecular weight is 2150 g/mol. The molecule has 11 aromatic carbocycles. The number of aliphatic hydroxyl groups excluding tert-OH is 1. The fourth-order valence-corrected chi connectivity index (χ4v) is 17.6. The van der Waals surface area contributed by atoms with Crippen molar-refractivity contribution >= 4 is 133 Å². The largest absolute Gasteiger partial charge is 0.467 e. The third-order valence-corrected chi connectivity index (χ3v) is 25.2. The van der Waals surface area contributed by atoms with Gasteiger partial charge in [0, 0.05) is 13.2 Å². The van der Waals surface area contributed by atoms with Crippen molar-refractivity contribution in [2.75, 3.05) is 53.8 Å². The van der Waals surface area contributed by atoms with Gasteiger partial charge in [0.2, 0.25) is 7.59 Å². The first-order chi connectivity index (χ1) is 71.8. The Bertz CT molecular complexity index is 6030. The summed E-state index contributed by atoms with van der Waals surface area (Å²) in [6, 6.07) is 83.4. The molecule has 0 bridgehead atoms. The molecule has 4 saturated heterocycles. The molecule has 32 nitrogen and oxygen atoms in total. The van der Waals surface area contributed by atoms with Crippen LogP contribution in [0.1, 0.15) is 85.3 Å². The van der Waals surface area contributed by atoms with Gasteiger partial charge in [-0.3, -0.25) is 0 Å². The van der Waals surface area contributed by atoms with E-state index in [1.165, 1.54) is 24.3 Å². The number of halogens is 6. The maximum Gasteiger partial charge on any atom is 0.407 e. The predicted octanol–water partition coefficient (Wildman–Crippen LogP) is 17.7. The van der Waals surface area contributed by atoms with E-state index in [1.807, 2.05) is 115 Å². The van der Waals surface area contributed by atoms with Gasteiger partial charge in [0.05, 0.1) is 78.2 Å². The molecule has 15 rings (SSSR count). The van der Waals surface area contributed by atoms with E-state index < -0.39 is 199 Å². The number of hydrogen-bond donors (Lipinski definition) is 4. The van der Waals surface area contributed by atoms with Crippen LogP contribution in [0.4, 0.5) is 14.4 Å². The Hall–Kier alpha value is -11.2. The smallest absolute Gasteiger partial charge is 0.407 e. The Morgan fingerprint density at radius 1 is 0.324 bits per heavy atom. The number of esters is 4. The first-order valence-electron chi connectivity index (χ1n) is 48.1. The zero-order valence-electron chi connectivity index (χ0n) is 80.5. The maximum absolute atomic E-state index is 15.8. The lowest BCUT2D eigenvalue weighted by molar-refractivity contribution is -0.378. The summed E-state index contributed by atoms with van der Waals surface area (Å²) in [4.78, 5) is 104. The standard InChI is InChI=1S/C110H113Cl6N3O29/c1-128-100(123)94-92(90(135-62-71-36-16-7-17-37-71)96(142-98(121)78-44-22-10-23-45-78)104(147-94)132-55-31-4-3-30-54-117-106(125)137-64-73-40-20-9-21-41-73)146-103-85(119-108(127)139-68-110(114,115)116)89(134-61-70-34-14-6-15-35-70)87(83(141-103)66-131-59-75-51-53-77-43-27-29-49-81(77)57-75)144-105-97(143-99(122)79-46-24-11-25-47-79)91(136-63-72-38-18-8-19-39-72)93(95(148-105)101(124)129-2)145-102-84(118-107(126)138-67-109(111,112)113)88(133-60-69-32-12-5-13-33-69)86(120)82(140-102)65-130-58-74-50-52-76-42-26-28-48-80(76)56-74/h5-29,32-53,56-57,82-97,102-105,120H,3-4,30-31,54-55,58-68H2,1-2H3,(H,117,125)(H,118,126)(H,119,127)/t82-,83-,84-,85-,86-,87-,88-,89-,90+,91+,92+,93+,94+,95+,96-,97-,102-,103-,104-,105-/m1/s1. The zero-order valence-corrected chi connectivity index (χ0v) is 85.0. The van der Waals surface area contributed by atoms with Crippen LogP contribution in [0, 0.1) is 0 Å². The number of aliphatic hydroxyl groups is 1. The Balaban J connectivity index is 0.851. The van der Waals surface area contributed by atoms with Crippen LogP contribution in [0.2, 0.25) is 0 Å². The van der Waals surface area contributed by atoms with E-state index >= 15 is 24.0 Å². The summed E-state index contributed by atoms with van der Waals surface area (Å²) in [5, 5.41) is 24.9. The van der Waals surface area contributed by atoms with Crippen molar-refractivity contribution in [1.82, 2.24) is 16.0 Å². The number of benzene rings is 11. The van der Waals surface area contributed by atoms with Crippen LogP contribution >= 0.6 is 69.6 Å². The number of hydrogen-bond acceptors (Lipinski definition) is 29. The number of ether oxygens (including phenoxy) is 21. The van der Waals surface area contributed by atoms with Crippen molar-refractivity contribution in [3.63, 3.8) is 0 Å². The molecule has 0 radical (unpaired) electrons. The van der Waals surface area contributed by atoms with Crippen LogP contribution in [0.15, 0.2) is 297 Å². The summed E-state index contributed by atoms with van der Waals surface area (Å²) in [5.41, 5.74) is 4.46. The lowest BCUT2D eigenvalue weighted by atomic mass is 9.93. The molecule has 4 aliphatic rings. The topological polar surface area (TPSA) is 370 Å². The van der Waals surface area contributed by atoms with Gasteiger partial charge in [0.15, 0.2) is 49.6 Å². The van der Waals surface area contributed by atoms with Gasteiger partial charge in [-0.2, -0.15) is 0 Å². The van der Waals surface area contributed by atoms with E-state index in [0.717, 1.165) is 46.9 Å². The van der Waals surface area contributed by atoms with E-state index in [1.54, 1.807) is 158 Å². The average Bonchev–Trinajstić information content (AvgIpc) is 0.751. The van der Waals surface area contributed by atoms with Crippen LogP contribution in [-0.2, 0) is 155 Å². The maximum atomic E-state index is 15.8. The van der Waals surface area contributed by atoms with Gasteiger partial charge in [-0.15, -0.1) is 0 Å². The van der Waals surface area contributed by atoms with Gasteiger partial charge in [-0.25, -0.2) is 33.6 Å². The minimum absolute atomic E-state index is 0.0220. The monoisotopic (exact) mass is 2150 g/mol. The van der Waals surface area contributed by atoms with Crippen molar-refractivity contribution < 1.29 is 138 Å². The number of alkyl halides is 6. The molecule has 784 valence electrons. The van der Waals surface area contributed by atoms with Crippen LogP contribution < -0.4 is 16.0 Å². The second-order valence-electron chi connectivity index (χ2n) is 35.2. The van der Waals surface area contributed by atoms with E-state index in [9.17, 15) is 14.7 Å². The number of carbonyl (C=O) groups is 7. The van der Waals surface area contributed by atoms with Crippen molar-refractivity contribution in [2.45, 2.75) is 202 Å². The van der Waals surface area contributed by atoms with Crippen LogP contribution in [0.5, 0.6) is 0 Å². The second-order valence-corrected chi connectivity index (χ2v) is 40.2. The van der Waals surface area contributed by atoms with Gasteiger partial charge in [0.1, 0.15) is 92.9 Å². The van der Waals surface area contributed by atoms with E-state index in [0.29, 0.717) is 60.0 Å². The lowest BCUT2D eigenvalue weighted by Crippen LogP contribution is -2.71. The summed E-state index contributed by atoms with van der Waals surface area (Å²) in [6.07, 6.45) is -34.5. The fourth-order valence-electron chi connectivity index (χ4n) is 17.3. The van der Waals surface area contributed by atoms with E-state index in [-0.39, 0.29) is 64.0 Å². The highest BCUT2D eigenvalue weighted by atomic mass is 35.6. The molecule has 4 fully saturated rings. The van der Waals surface area contributed by atoms with Gasteiger partial charge < -0.3 is 121 Å². The molecule has 0 aliphatic carbocycles. The number of nitrogens with one attached hydrogen (secondary N) is 3. The minimum Gasteiger partial charge on any atom is -0.467 e. The van der Waals surface area contributed by atoms with Crippen LogP contribution in [0.25, 0.3) is 21.5 Å². The van der Waals surface area contributed by atoms with E-state index in [2.05, 4.69) is 16.0 Å². The number of rotatable bonds is 46. The van der Waals surface area contributed by atoms with Crippen molar-refractivity contribution in [2.24, 2.45) is 0 Å². The molecule has 4 N–H and O–H groups in total. The molecular weight excluding hydrogens is 2040 g/mol. The number of methoxy groups -OCH3 is 2. The highest BCUT2D eigenvalue weighted by molar-refractivity contribution is 6.68. The molecule has 0 spiro atoms. The summed E-state index contributed by atoms with van der Waals surface area (Å²) >= 11 is 37.8. The van der Waals surface area contributed by atoms with Gasteiger partial charge in [-0.1, -0.05) is 343 Å². The molecule has 0 unspecified atom stereocenters. The molecule has 4 heterocycles. The summed E-state index contributed by atoms with van der Waals surface area (Å²) in [5.74, 6) is -4.23. The Morgan fingerprint density at radius 3 is 1.13 bits per heavy atom. The Kier molecular flexibility index (Phi) is 41.6. The molecule has 148 heavy (non-hydrogen) atoms. The molecule has 0 aromatic heterocycles. The summed E-state index contributed by atoms with van der Waals surface area (Å²) in [6.45, 7) is -3.80. The zero-order chi connectivity index (χ0) is 104. The van der Waals surface area contributed by atoms with Crippen LogP contribution in [0.3, 0.4) is 0 Å². The van der Waals surface area contributed by atoms with E-state index in [4.69, 9.17) is 169 Å². The Morgan fingerprint density at radius 2 is 0.689 bits per heavy atom. The van der Waals surface area contributed by atoms with Crippen LogP contribution in [-0.4, -0.2) is 231 Å². The number of fused-ring (bicyclic) bond motifs is 2. The molecule has 38 heteroatoms. The summed E-state index contributed by atoms with van der Waals surface area (Å²) in [7, 11) is 2.16. The molecule has 0 saturated carbocycles. The quantitative estimate of drug-likeness (QED) is 0.0119. The number of amides is 3. The number of carbonyl (C=O) groups excluding carboxylic acids is 7.